The zero-order valence-corrected chi connectivity index (χ0v) is 17.2. The molecule has 0 aromatic heterocycles. The fourth-order valence-corrected chi connectivity index (χ4v) is 4.81. The summed E-state index contributed by atoms with van der Waals surface area (Å²) in [6.45, 7) is 1.75. The van der Waals surface area contributed by atoms with Crippen LogP contribution in [0.5, 0.6) is 5.75 Å². The molecule has 4 rings (SSSR count). The average Bonchev–Trinajstić information content (AvgIpc) is 2.72. The van der Waals surface area contributed by atoms with Crippen molar-refractivity contribution in [1.29, 1.82) is 0 Å². The van der Waals surface area contributed by atoms with E-state index in [0.717, 1.165) is 40.8 Å². The second-order valence-electron chi connectivity index (χ2n) is 7.86. The Balaban J connectivity index is 1.75. The molecule has 0 aliphatic carbocycles. The Hall–Kier alpha value is -2.67. The second kappa shape index (κ2) is 8.22. The minimum Gasteiger partial charge on any atom is -0.465 e. The number of methoxy groups -OCH3 is 1. The number of hydrogen-bond donors (Lipinski definition) is 1. The number of carbonyl (C=O) groups is 1. The molecule has 0 radical (unpaired) electrons. The summed E-state index contributed by atoms with van der Waals surface area (Å²) in [7, 11) is 1.37. The fourth-order valence-electron chi connectivity index (χ4n) is 4.81. The van der Waals surface area contributed by atoms with Gasteiger partial charge in [0.15, 0.2) is 0 Å². The number of rotatable bonds is 4. The van der Waals surface area contributed by atoms with Crippen molar-refractivity contribution < 1.29 is 27.8 Å². The van der Waals surface area contributed by atoms with E-state index < -0.39 is 6.61 Å². The Morgan fingerprint density at radius 2 is 1.93 bits per heavy atom. The van der Waals surface area contributed by atoms with E-state index in [-0.39, 0.29) is 29.8 Å². The summed E-state index contributed by atoms with van der Waals surface area (Å²) >= 11 is 0. The van der Waals surface area contributed by atoms with E-state index in [1.807, 2.05) is 26.0 Å². The van der Waals surface area contributed by atoms with E-state index in [1.54, 1.807) is 12.1 Å². The molecule has 2 aromatic carbocycles. The molecule has 1 N–H and O–H groups in total. The highest BCUT2D eigenvalue weighted by molar-refractivity contribution is 5.90. The highest BCUT2D eigenvalue weighted by Gasteiger charge is 2.41. The zero-order chi connectivity index (χ0) is 21.4. The molecule has 2 aliphatic rings. The van der Waals surface area contributed by atoms with Crippen molar-refractivity contribution in [1.82, 2.24) is 0 Å². The molecule has 0 bridgehead atoms. The van der Waals surface area contributed by atoms with Gasteiger partial charge in [-0.05, 0) is 73.7 Å². The van der Waals surface area contributed by atoms with Crippen LogP contribution in [0.15, 0.2) is 30.3 Å². The summed E-state index contributed by atoms with van der Waals surface area (Å²) in [5.41, 5.74) is 5.34. The first-order chi connectivity index (χ1) is 14.4. The predicted molar refractivity (Wildman–Crippen MR) is 108 cm³/mol. The molecule has 7 heteroatoms. The standard InChI is InChI=1S/C23H25F2NO4/c1-12-9-14(22(27)28-3)10-13(2)19(12)20-16-5-4-8-29-21(16)17-11-15(30-23(24)25)6-7-18(17)26-20/h6-7,9-11,16,20-21,23,26H,4-5,8H2,1-3H3/t16-,20+,21-/m1/s1. The third kappa shape index (κ3) is 3.74. The van der Waals surface area contributed by atoms with Gasteiger partial charge in [-0.25, -0.2) is 4.79 Å². The fraction of sp³-hybridized carbons (Fsp3) is 0.435. The molecule has 0 unspecified atom stereocenters. The SMILES string of the molecule is COC(=O)c1cc(C)c([C@H]2Nc3ccc(OC(F)F)cc3[C@@H]3OCCC[C@H]23)c(C)c1. The van der Waals surface area contributed by atoms with Crippen LogP contribution in [0.4, 0.5) is 14.5 Å². The lowest BCUT2D eigenvalue weighted by Gasteiger charge is -2.44. The van der Waals surface area contributed by atoms with Gasteiger partial charge in [0, 0.05) is 23.8 Å². The smallest absolute Gasteiger partial charge is 0.387 e. The first kappa shape index (κ1) is 20.6. The van der Waals surface area contributed by atoms with Crippen molar-refractivity contribution in [2.75, 3.05) is 19.0 Å². The number of fused-ring (bicyclic) bond motifs is 3. The van der Waals surface area contributed by atoms with Crippen molar-refractivity contribution in [3.8, 4) is 5.75 Å². The maximum atomic E-state index is 12.7. The molecule has 160 valence electrons. The summed E-state index contributed by atoms with van der Waals surface area (Å²) < 4.78 is 40.9. The Bertz CT molecular complexity index is 939. The first-order valence-corrected chi connectivity index (χ1v) is 10.1. The number of ether oxygens (including phenoxy) is 3. The lowest BCUT2D eigenvalue weighted by molar-refractivity contribution is -0.0516. The van der Waals surface area contributed by atoms with Gasteiger partial charge >= 0.3 is 12.6 Å². The highest BCUT2D eigenvalue weighted by atomic mass is 19.3. The van der Waals surface area contributed by atoms with Crippen LogP contribution < -0.4 is 10.1 Å². The van der Waals surface area contributed by atoms with Gasteiger partial charge in [-0.3, -0.25) is 0 Å². The third-order valence-corrected chi connectivity index (χ3v) is 5.99. The predicted octanol–water partition coefficient (Wildman–Crippen LogP) is 5.33. The number of aryl methyl sites for hydroxylation is 2. The molecular formula is C23H25F2NO4. The maximum absolute atomic E-state index is 12.7. The monoisotopic (exact) mass is 417 g/mol. The summed E-state index contributed by atoms with van der Waals surface area (Å²) in [6, 6.07) is 8.64. The summed E-state index contributed by atoms with van der Waals surface area (Å²) in [4.78, 5) is 12.0. The van der Waals surface area contributed by atoms with E-state index in [0.29, 0.717) is 12.2 Å². The Kier molecular flexibility index (Phi) is 5.64. The number of carbonyl (C=O) groups excluding carboxylic acids is 1. The average molecular weight is 417 g/mol. The molecule has 2 heterocycles. The van der Waals surface area contributed by atoms with E-state index in [1.165, 1.54) is 13.2 Å². The van der Waals surface area contributed by atoms with Crippen LogP contribution >= 0.6 is 0 Å². The Morgan fingerprint density at radius 3 is 2.60 bits per heavy atom. The first-order valence-electron chi connectivity index (χ1n) is 10.1. The Labute approximate surface area is 174 Å². The minimum atomic E-state index is -2.87. The van der Waals surface area contributed by atoms with E-state index in [9.17, 15) is 13.6 Å². The largest absolute Gasteiger partial charge is 0.465 e. The minimum absolute atomic E-state index is 0.0173. The van der Waals surface area contributed by atoms with Gasteiger partial charge in [0.05, 0.1) is 24.8 Å². The molecule has 30 heavy (non-hydrogen) atoms. The summed E-state index contributed by atoms with van der Waals surface area (Å²) in [5, 5.41) is 3.60. The molecule has 0 spiro atoms. The van der Waals surface area contributed by atoms with Crippen molar-refractivity contribution in [3.63, 3.8) is 0 Å². The third-order valence-electron chi connectivity index (χ3n) is 5.99. The number of nitrogens with one attached hydrogen (secondary N) is 1. The molecular weight excluding hydrogens is 392 g/mol. The highest BCUT2D eigenvalue weighted by Crippen LogP contribution is 2.51. The number of esters is 1. The van der Waals surface area contributed by atoms with Crippen molar-refractivity contribution in [3.05, 3.63) is 58.1 Å². The zero-order valence-electron chi connectivity index (χ0n) is 17.2. The number of hydrogen-bond acceptors (Lipinski definition) is 5. The molecule has 3 atom stereocenters. The van der Waals surface area contributed by atoms with Crippen LogP contribution in [0.1, 0.15) is 57.6 Å². The maximum Gasteiger partial charge on any atom is 0.387 e. The van der Waals surface area contributed by atoms with E-state index >= 15 is 0 Å². The van der Waals surface area contributed by atoms with Crippen molar-refractivity contribution in [2.45, 2.75) is 45.4 Å². The van der Waals surface area contributed by atoms with Crippen LogP contribution in [0.25, 0.3) is 0 Å². The van der Waals surface area contributed by atoms with Crippen LogP contribution in [0.3, 0.4) is 0 Å². The molecule has 2 aliphatic heterocycles. The summed E-state index contributed by atoms with van der Waals surface area (Å²) in [6.07, 6.45) is 1.67. The lowest BCUT2D eigenvalue weighted by Crippen LogP contribution is -2.36. The van der Waals surface area contributed by atoms with Crippen molar-refractivity contribution in [2.24, 2.45) is 5.92 Å². The van der Waals surface area contributed by atoms with Gasteiger partial charge in [-0.2, -0.15) is 8.78 Å². The van der Waals surface area contributed by atoms with Gasteiger partial charge in [-0.15, -0.1) is 0 Å². The number of halogens is 2. The van der Waals surface area contributed by atoms with Crippen LogP contribution in [-0.2, 0) is 9.47 Å². The second-order valence-corrected chi connectivity index (χ2v) is 7.86. The number of anilines is 1. The van der Waals surface area contributed by atoms with Crippen LogP contribution in [0, 0.1) is 19.8 Å². The van der Waals surface area contributed by atoms with Gasteiger partial charge < -0.3 is 19.5 Å². The molecule has 2 aromatic rings. The molecule has 0 amide bonds. The van der Waals surface area contributed by atoms with Crippen molar-refractivity contribution >= 4 is 11.7 Å². The van der Waals surface area contributed by atoms with Gasteiger partial charge in [0.2, 0.25) is 0 Å². The van der Waals surface area contributed by atoms with Gasteiger partial charge in [-0.1, -0.05) is 0 Å². The molecule has 5 nitrogen and oxygen atoms in total. The van der Waals surface area contributed by atoms with Crippen LogP contribution in [-0.4, -0.2) is 26.3 Å². The van der Waals surface area contributed by atoms with E-state index in [2.05, 4.69) is 10.1 Å². The van der Waals surface area contributed by atoms with E-state index in [4.69, 9.17) is 9.47 Å². The number of benzene rings is 2. The normalized spacial score (nSPS) is 22.7. The topological polar surface area (TPSA) is 56.8 Å². The summed E-state index contributed by atoms with van der Waals surface area (Å²) in [5.74, 6) is -0.0960. The molecule has 1 saturated heterocycles. The van der Waals surface area contributed by atoms with Gasteiger partial charge in [0.1, 0.15) is 5.75 Å². The van der Waals surface area contributed by atoms with Crippen LogP contribution in [0.2, 0.25) is 0 Å². The Morgan fingerprint density at radius 1 is 1.20 bits per heavy atom. The number of alkyl halides is 2. The lowest BCUT2D eigenvalue weighted by atomic mass is 9.75. The molecule has 0 saturated carbocycles. The quantitative estimate of drug-likeness (QED) is 0.682. The van der Waals surface area contributed by atoms with Gasteiger partial charge in [0.25, 0.3) is 0 Å². The molecule has 1 fully saturated rings.